The number of amides is 1. The highest BCUT2D eigenvalue weighted by Crippen LogP contribution is 2.29. The maximum absolute atomic E-state index is 12.7. The molecule has 0 radical (unpaired) electrons. The Balaban J connectivity index is 1.18. The zero-order valence-corrected chi connectivity index (χ0v) is 17.5. The molecule has 0 aliphatic carbocycles. The SMILES string of the molecule is O=C(CSc1nnc2sc3ccccc3n12)N1CCN(Cc2ccccc2)CC1. The van der Waals surface area contributed by atoms with Crippen LogP contribution in [0.2, 0.25) is 0 Å². The maximum atomic E-state index is 12.7. The van der Waals surface area contributed by atoms with Gasteiger partial charge in [-0.15, -0.1) is 10.2 Å². The van der Waals surface area contributed by atoms with Gasteiger partial charge in [-0.1, -0.05) is 65.6 Å². The third-order valence-electron chi connectivity index (χ3n) is 5.21. The number of aromatic nitrogens is 3. The topological polar surface area (TPSA) is 53.7 Å². The number of piperazine rings is 1. The van der Waals surface area contributed by atoms with Gasteiger partial charge in [-0.2, -0.15) is 0 Å². The third kappa shape index (κ3) is 3.88. The molecule has 1 aliphatic rings. The Morgan fingerprint density at radius 2 is 1.72 bits per heavy atom. The van der Waals surface area contributed by atoms with Crippen molar-refractivity contribution in [1.82, 2.24) is 24.4 Å². The number of carbonyl (C=O) groups is 1. The summed E-state index contributed by atoms with van der Waals surface area (Å²) < 4.78 is 3.23. The molecule has 2 aromatic carbocycles. The van der Waals surface area contributed by atoms with E-state index in [1.54, 1.807) is 11.3 Å². The molecule has 0 bridgehead atoms. The van der Waals surface area contributed by atoms with Crippen molar-refractivity contribution in [2.75, 3.05) is 31.9 Å². The molecule has 2 aromatic heterocycles. The molecule has 3 heterocycles. The van der Waals surface area contributed by atoms with Crippen molar-refractivity contribution in [3.8, 4) is 0 Å². The monoisotopic (exact) mass is 423 g/mol. The number of hydrogen-bond donors (Lipinski definition) is 0. The summed E-state index contributed by atoms with van der Waals surface area (Å²) in [7, 11) is 0. The molecule has 1 saturated heterocycles. The average Bonchev–Trinajstić information content (AvgIpc) is 3.33. The molecule has 0 atom stereocenters. The number of thioether (sulfide) groups is 1. The molecule has 148 valence electrons. The number of hydrogen-bond acceptors (Lipinski definition) is 6. The van der Waals surface area contributed by atoms with Crippen molar-refractivity contribution in [3.05, 3.63) is 60.2 Å². The summed E-state index contributed by atoms with van der Waals surface area (Å²) in [5, 5.41) is 9.35. The molecule has 0 spiro atoms. The normalized spacial score (nSPS) is 15.4. The Morgan fingerprint density at radius 1 is 0.966 bits per heavy atom. The van der Waals surface area contributed by atoms with Gasteiger partial charge in [0.1, 0.15) is 0 Å². The Labute approximate surface area is 177 Å². The smallest absolute Gasteiger partial charge is 0.233 e. The first-order chi connectivity index (χ1) is 14.3. The van der Waals surface area contributed by atoms with E-state index in [0.717, 1.165) is 48.4 Å². The lowest BCUT2D eigenvalue weighted by molar-refractivity contribution is -0.130. The first kappa shape index (κ1) is 18.6. The molecule has 1 fully saturated rings. The van der Waals surface area contributed by atoms with Crippen LogP contribution in [0.5, 0.6) is 0 Å². The lowest BCUT2D eigenvalue weighted by Gasteiger charge is -2.34. The molecule has 8 heteroatoms. The van der Waals surface area contributed by atoms with Gasteiger partial charge in [-0.05, 0) is 17.7 Å². The summed E-state index contributed by atoms with van der Waals surface area (Å²) in [6.07, 6.45) is 0. The number of nitrogens with zero attached hydrogens (tertiary/aromatic N) is 5. The molecule has 0 saturated carbocycles. The zero-order chi connectivity index (χ0) is 19.6. The standard InChI is InChI=1S/C21H21N5OS2/c27-19(25-12-10-24(11-13-25)14-16-6-2-1-3-7-16)15-28-20-22-23-21-26(20)17-8-4-5-9-18(17)29-21/h1-9H,10-15H2. The predicted molar refractivity (Wildman–Crippen MR) is 117 cm³/mol. The van der Waals surface area contributed by atoms with Crippen LogP contribution in [-0.2, 0) is 11.3 Å². The van der Waals surface area contributed by atoms with Crippen LogP contribution in [0.4, 0.5) is 0 Å². The second-order valence-electron chi connectivity index (χ2n) is 7.10. The molecule has 29 heavy (non-hydrogen) atoms. The number of thiazole rings is 1. The first-order valence-corrected chi connectivity index (χ1v) is 11.5. The minimum Gasteiger partial charge on any atom is -0.339 e. The van der Waals surface area contributed by atoms with Crippen LogP contribution < -0.4 is 0 Å². The Kier molecular flexibility index (Phi) is 5.22. The number of fused-ring (bicyclic) bond motifs is 3. The highest BCUT2D eigenvalue weighted by molar-refractivity contribution is 7.99. The molecule has 4 aromatic rings. The van der Waals surface area contributed by atoms with Gasteiger partial charge in [0.2, 0.25) is 10.9 Å². The summed E-state index contributed by atoms with van der Waals surface area (Å²) >= 11 is 3.09. The Morgan fingerprint density at radius 3 is 2.55 bits per heavy atom. The van der Waals surface area contributed by atoms with Crippen LogP contribution in [-0.4, -0.2) is 62.2 Å². The zero-order valence-electron chi connectivity index (χ0n) is 15.9. The third-order valence-corrected chi connectivity index (χ3v) is 7.14. The summed E-state index contributed by atoms with van der Waals surface area (Å²) in [5.41, 5.74) is 2.42. The van der Waals surface area contributed by atoms with Crippen LogP contribution in [0.25, 0.3) is 15.2 Å². The molecule has 1 aliphatic heterocycles. The van der Waals surface area contributed by atoms with Crippen molar-refractivity contribution in [3.63, 3.8) is 0 Å². The van der Waals surface area contributed by atoms with E-state index in [1.165, 1.54) is 22.0 Å². The van der Waals surface area contributed by atoms with Crippen molar-refractivity contribution in [2.45, 2.75) is 11.7 Å². The number of carbonyl (C=O) groups excluding carboxylic acids is 1. The van der Waals surface area contributed by atoms with Crippen LogP contribution in [0, 0.1) is 0 Å². The van der Waals surface area contributed by atoms with E-state index in [1.807, 2.05) is 23.1 Å². The Bertz CT molecular complexity index is 1130. The molecule has 5 rings (SSSR count). The van der Waals surface area contributed by atoms with Gasteiger partial charge < -0.3 is 4.90 Å². The fourth-order valence-electron chi connectivity index (χ4n) is 3.66. The highest BCUT2D eigenvalue weighted by Gasteiger charge is 2.22. The summed E-state index contributed by atoms with van der Waals surface area (Å²) in [6.45, 7) is 4.33. The fourth-order valence-corrected chi connectivity index (χ4v) is 5.53. The van der Waals surface area contributed by atoms with Gasteiger partial charge in [0.25, 0.3) is 0 Å². The van der Waals surface area contributed by atoms with Gasteiger partial charge in [0, 0.05) is 32.7 Å². The predicted octanol–water partition coefficient (Wildman–Crippen LogP) is 3.38. The molecule has 6 nitrogen and oxygen atoms in total. The van der Waals surface area contributed by atoms with Gasteiger partial charge in [-0.25, -0.2) is 0 Å². The second-order valence-corrected chi connectivity index (χ2v) is 9.05. The van der Waals surface area contributed by atoms with Gasteiger partial charge in [0.15, 0.2) is 5.16 Å². The van der Waals surface area contributed by atoms with E-state index in [0.29, 0.717) is 5.75 Å². The summed E-state index contributed by atoms with van der Waals surface area (Å²) in [5.74, 6) is 0.564. The van der Waals surface area contributed by atoms with Crippen molar-refractivity contribution in [2.24, 2.45) is 0 Å². The quantitative estimate of drug-likeness (QED) is 0.461. The number of benzene rings is 2. The molecule has 0 N–H and O–H groups in total. The van der Waals surface area contributed by atoms with Crippen molar-refractivity contribution >= 4 is 44.2 Å². The van der Waals surface area contributed by atoms with E-state index in [9.17, 15) is 4.79 Å². The van der Waals surface area contributed by atoms with Crippen LogP contribution >= 0.6 is 23.1 Å². The average molecular weight is 424 g/mol. The van der Waals surface area contributed by atoms with E-state index < -0.39 is 0 Å². The largest absolute Gasteiger partial charge is 0.339 e. The molecule has 0 unspecified atom stereocenters. The van der Waals surface area contributed by atoms with Crippen molar-refractivity contribution < 1.29 is 4.79 Å². The molecular formula is C21H21N5OS2. The van der Waals surface area contributed by atoms with Crippen LogP contribution in [0.15, 0.2) is 59.8 Å². The van der Waals surface area contributed by atoms with Gasteiger partial charge in [0.05, 0.1) is 16.0 Å². The van der Waals surface area contributed by atoms with Gasteiger partial charge in [-0.3, -0.25) is 14.1 Å². The van der Waals surface area contributed by atoms with Crippen molar-refractivity contribution in [1.29, 1.82) is 0 Å². The second kappa shape index (κ2) is 8.14. The maximum Gasteiger partial charge on any atom is 0.233 e. The Hall–Kier alpha value is -2.42. The summed E-state index contributed by atoms with van der Waals surface area (Å²) in [6, 6.07) is 18.7. The summed E-state index contributed by atoms with van der Waals surface area (Å²) in [4.78, 5) is 18.0. The number of rotatable bonds is 5. The van der Waals surface area contributed by atoms with E-state index in [2.05, 4.69) is 55.9 Å². The minimum atomic E-state index is 0.172. The van der Waals surface area contributed by atoms with Gasteiger partial charge >= 0.3 is 0 Å². The first-order valence-electron chi connectivity index (χ1n) is 9.67. The molecule has 1 amide bonds. The van der Waals surface area contributed by atoms with Crippen LogP contribution in [0.3, 0.4) is 0 Å². The molecular weight excluding hydrogens is 402 g/mol. The highest BCUT2D eigenvalue weighted by atomic mass is 32.2. The number of para-hydroxylation sites is 1. The van der Waals surface area contributed by atoms with E-state index in [4.69, 9.17) is 0 Å². The fraction of sp³-hybridized carbons (Fsp3) is 0.286. The van der Waals surface area contributed by atoms with Crippen LogP contribution in [0.1, 0.15) is 5.56 Å². The minimum absolute atomic E-state index is 0.172. The van der Waals surface area contributed by atoms with E-state index in [-0.39, 0.29) is 5.91 Å². The lowest BCUT2D eigenvalue weighted by Crippen LogP contribution is -2.48. The lowest BCUT2D eigenvalue weighted by atomic mass is 10.2. The van der Waals surface area contributed by atoms with E-state index >= 15 is 0 Å².